The molecule has 3 nitrogen and oxygen atoms in total. The number of carbonyl (C=O) groups is 1. The van der Waals surface area contributed by atoms with Gasteiger partial charge in [0.05, 0.1) is 6.04 Å². The van der Waals surface area contributed by atoms with Crippen LogP contribution in [0.5, 0.6) is 0 Å². The quantitative estimate of drug-likeness (QED) is 0.810. The highest BCUT2D eigenvalue weighted by Gasteiger charge is 2.33. The number of thioether (sulfide) groups is 1. The average molecular weight is 242 g/mol. The van der Waals surface area contributed by atoms with Gasteiger partial charge in [-0.25, -0.2) is 0 Å². The van der Waals surface area contributed by atoms with Crippen molar-refractivity contribution >= 4 is 17.7 Å². The van der Waals surface area contributed by atoms with Crippen LogP contribution in [0.4, 0.5) is 0 Å². The SMILES string of the molecule is CC(C)NC1CCN(CC2CCCS2)C1=O. The van der Waals surface area contributed by atoms with Crippen LogP contribution >= 0.6 is 11.8 Å². The van der Waals surface area contributed by atoms with Crippen LogP contribution in [-0.4, -0.2) is 47.0 Å². The summed E-state index contributed by atoms with van der Waals surface area (Å²) in [6.45, 7) is 6.12. The summed E-state index contributed by atoms with van der Waals surface area (Å²) in [5.74, 6) is 1.60. The van der Waals surface area contributed by atoms with E-state index in [4.69, 9.17) is 0 Å². The smallest absolute Gasteiger partial charge is 0.239 e. The van der Waals surface area contributed by atoms with E-state index >= 15 is 0 Å². The highest BCUT2D eigenvalue weighted by Crippen LogP contribution is 2.28. The fourth-order valence-corrected chi connectivity index (χ4v) is 3.80. The summed E-state index contributed by atoms with van der Waals surface area (Å²) >= 11 is 2.03. The van der Waals surface area contributed by atoms with Crippen LogP contribution in [0.2, 0.25) is 0 Å². The van der Waals surface area contributed by atoms with Crippen LogP contribution in [0.15, 0.2) is 0 Å². The number of hydrogen-bond acceptors (Lipinski definition) is 3. The Kier molecular flexibility index (Phi) is 4.14. The molecule has 2 atom stereocenters. The van der Waals surface area contributed by atoms with E-state index in [0.29, 0.717) is 17.2 Å². The lowest BCUT2D eigenvalue weighted by Gasteiger charge is -2.21. The van der Waals surface area contributed by atoms with Gasteiger partial charge < -0.3 is 10.2 Å². The van der Waals surface area contributed by atoms with Gasteiger partial charge >= 0.3 is 0 Å². The molecule has 0 aromatic rings. The van der Waals surface area contributed by atoms with Gasteiger partial charge in [-0.05, 0) is 25.0 Å². The Morgan fingerprint density at radius 2 is 2.31 bits per heavy atom. The first-order chi connectivity index (χ1) is 7.66. The first kappa shape index (κ1) is 12.2. The molecule has 2 aliphatic rings. The van der Waals surface area contributed by atoms with E-state index in [1.54, 1.807) is 0 Å². The molecule has 4 heteroatoms. The lowest BCUT2D eigenvalue weighted by molar-refractivity contribution is -0.129. The van der Waals surface area contributed by atoms with Crippen molar-refractivity contribution in [3.05, 3.63) is 0 Å². The molecule has 2 rings (SSSR count). The monoisotopic (exact) mass is 242 g/mol. The largest absolute Gasteiger partial charge is 0.340 e. The van der Waals surface area contributed by atoms with Gasteiger partial charge in [-0.15, -0.1) is 0 Å². The number of nitrogens with one attached hydrogen (secondary N) is 1. The Labute approximate surface area is 102 Å². The number of amides is 1. The van der Waals surface area contributed by atoms with Crippen LogP contribution in [-0.2, 0) is 4.79 Å². The molecule has 16 heavy (non-hydrogen) atoms. The molecular weight excluding hydrogens is 220 g/mol. The summed E-state index contributed by atoms with van der Waals surface area (Å²) < 4.78 is 0. The maximum atomic E-state index is 12.1. The molecule has 0 radical (unpaired) electrons. The lowest BCUT2D eigenvalue weighted by Crippen LogP contribution is -2.42. The molecule has 2 unspecified atom stereocenters. The molecule has 0 aliphatic carbocycles. The third-order valence-corrected chi connectivity index (χ3v) is 4.66. The Morgan fingerprint density at radius 3 is 2.94 bits per heavy atom. The van der Waals surface area contributed by atoms with Crippen molar-refractivity contribution in [2.75, 3.05) is 18.8 Å². The fourth-order valence-electron chi connectivity index (χ4n) is 2.51. The molecule has 0 bridgehead atoms. The predicted octanol–water partition coefficient (Wildman–Crippen LogP) is 1.48. The second kappa shape index (κ2) is 5.41. The summed E-state index contributed by atoms with van der Waals surface area (Å²) in [5, 5.41) is 4.04. The van der Waals surface area contributed by atoms with Crippen molar-refractivity contribution in [2.24, 2.45) is 0 Å². The van der Waals surface area contributed by atoms with Gasteiger partial charge in [-0.1, -0.05) is 13.8 Å². The Balaban J connectivity index is 1.81. The minimum absolute atomic E-state index is 0.0754. The molecular formula is C12H22N2OS. The van der Waals surface area contributed by atoms with Gasteiger partial charge in [0.1, 0.15) is 0 Å². The molecule has 0 spiro atoms. The maximum Gasteiger partial charge on any atom is 0.239 e. The summed E-state index contributed by atoms with van der Waals surface area (Å²) in [5.41, 5.74) is 0. The van der Waals surface area contributed by atoms with E-state index in [-0.39, 0.29) is 6.04 Å². The van der Waals surface area contributed by atoms with E-state index in [1.165, 1.54) is 18.6 Å². The molecule has 0 aromatic carbocycles. The number of nitrogens with zero attached hydrogens (tertiary/aromatic N) is 1. The van der Waals surface area contributed by atoms with Crippen LogP contribution in [0.3, 0.4) is 0 Å². The van der Waals surface area contributed by atoms with Gasteiger partial charge in [-0.2, -0.15) is 11.8 Å². The fraction of sp³-hybridized carbons (Fsp3) is 0.917. The van der Waals surface area contributed by atoms with E-state index in [9.17, 15) is 4.79 Å². The highest BCUT2D eigenvalue weighted by atomic mass is 32.2. The topological polar surface area (TPSA) is 32.3 Å². The molecule has 1 N–H and O–H groups in total. The Morgan fingerprint density at radius 1 is 1.50 bits per heavy atom. The van der Waals surface area contributed by atoms with Crippen molar-refractivity contribution in [1.29, 1.82) is 0 Å². The number of rotatable bonds is 4. The molecule has 92 valence electrons. The molecule has 2 heterocycles. The number of carbonyl (C=O) groups excluding carboxylic acids is 1. The Hall–Kier alpha value is -0.220. The van der Waals surface area contributed by atoms with E-state index in [2.05, 4.69) is 24.1 Å². The van der Waals surface area contributed by atoms with Gasteiger partial charge in [0, 0.05) is 24.4 Å². The first-order valence-corrected chi connectivity index (χ1v) is 7.38. The molecule has 2 saturated heterocycles. The predicted molar refractivity (Wildman–Crippen MR) is 68.7 cm³/mol. The minimum Gasteiger partial charge on any atom is -0.340 e. The van der Waals surface area contributed by atoms with Gasteiger partial charge in [0.25, 0.3) is 0 Å². The zero-order valence-electron chi connectivity index (χ0n) is 10.2. The van der Waals surface area contributed by atoms with E-state index < -0.39 is 0 Å². The summed E-state index contributed by atoms with van der Waals surface area (Å²) in [4.78, 5) is 14.1. The van der Waals surface area contributed by atoms with Crippen LogP contribution < -0.4 is 5.32 Å². The van der Waals surface area contributed by atoms with Crippen molar-refractivity contribution in [1.82, 2.24) is 10.2 Å². The lowest BCUT2D eigenvalue weighted by atomic mass is 10.2. The van der Waals surface area contributed by atoms with Crippen LogP contribution in [0.1, 0.15) is 33.1 Å². The second-order valence-corrected chi connectivity index (χ2v) is 6.49. The normalized spacial score (nSPS) is 30.7. The number of likely N-dealkylation sites (tertiary alicyclic amines) is 1. The van der Waals surface area contributed by atoms with Crippen molar-refractivity contribution < 1.29 is 4.79 Å². The summed E-state index contributed by atoms with van der Waals surface area (Å²) in [6.07, 6.45) is 3.59. The Bertz CT molecular complexity index is 251. The third kappa shape index (κ3) is 2.92. The van der Waals surface area contributed by atoms with Crippen molar-refractivity contribution in [3.63, 3.8) is 0 Å². The van der Waals surface area contributed by atoms with Crippen LogP contribution in [0.25, 0.3) is 0 Å². The zero-order valence-corrected chi connectivity index (χ0v) is 11.1. The maximum absolute atomic E-state index is 12.1. The molecule has 0 aromatic heterocycles. The number of hydrogen-bond donors (Lipinski definition) is 1. The van der Waals surface area contributed by atoms with Crippen LogP contribution in [0, 0.1) is 0 Å². The highest BCUT2D eigenvalue weighted by molar-refractivity contribution is 8.00. The van der Waals surface area contributed by atoms with E-state index in [1.807, 2.05) is 11.8 Å². The molecule has 0 saturated carbocycles. The third-order valence-electron chi connectivity index (χ3n) is 3.28. The molecule has 1 amide bonds. The molecule has 2 aliphatic heterocycles. The van der Waals surface area contributed by atoms with Crippen molar-refractivity contribution in [2.45, 2.75) is 50.4 Å². The minimum atomic E-state index is 0.0754. The summed E-state index contributed by atoms with van der Waals surface area (Å²) in [6, 6.07) is 0.473. The summed E-state index contributed by atoms with van der Waals surface area (Å²) in [7, 11) is 0. The van der Waals surface area contributed by atoms with Gasteiger partial charge in [0.15, 0.2) is 0 Å². The van der Waals surface area contributed by atoms with Gasteiger partial charge in [0.2, 0.25) is 5.91 Å². The molecule has 2 fully saturated rings. The standard InChI is InChI=1S/C12H22N2OS/c1-9(2)13-11-5-6-14(12(11)15)8-10-4-3-7-16-10/h9-11,13H,3-8H2,1-2H3. The van der Waals surface area contributed by atoms with Crippen molar-refractivity contribution in [3.8, 4) is 0 Å². The van der Waals surface area contributed by atoms with E-state index in [0.717, 1.165) is 19.5 Å². The first-order valence-electron chi connectivity index (χ1n) is 6.33. The second-order valence-electron chi connectivity index (χ2n) is 5.08. The zero-order chi connectivity index (χ0) is 11.5. The van der Waals surface area contributed by atoms with Gasteiger partial charge in [-0.3, -0.25) is 4.79 Å². The average Bonchev–Trinajstić information content (AvgIpc) is 2.82.